The van der Waals surface area contributed by atoms with Crippen LogP contribution in [0, 0.1) is 5.82 Å². The van der Waals surface area contributed by atoms with E-state index in [0.29, 0.717) is 0 Å². The Bertz CT molecular complexity index is 672. The third-order valence-corrected chi connectivity index (χ3v) is 4.39. The van der Waals surface area contributed by atoms with E-state index in [0.717, 1.165) is 0 Å². The van der Waals surface area contributed by atoms with Crippen LogP contribution in [0.25, 0.3) is 0 Å². The van der Waals surface area contributed by atoms with E-state index in [-0.39, 0.29) is 38.3 Å². The Hall–Kier alpha value is -1.56. The average Bonchev–Trinajstić information content (AvgIpc) is 2.54. The minimum Gasteiger partial charge on any atom is -0.314 e. The van der Waals surface area contributed by atoms with Gasteiger partial charge in [-0.05, 0) is 18.6 Å². The molecule has 2 nitrogen and oxygen atoms in total. The van der Waals surface area contributed by atoms with E-state index in [1.165, 1.54) is 4.90 Å². The molecule has 1 aromatic rings. The van der Waals surface area contributed by atoms with Gasteiger partial charge in [0.15, 0.2) is 0 Å². The SMILES string of the molecule is Fc1cc(C(F)(F)F)cc(C(F)(F)F)c1[C@@H](CCC(F)(F)F)N1CCNCC1. The maximum atomic E-state index is 14.5. The van der Waals surface area contributed by atoms with Crippen molar-refractivity contribution in [3.63, 3.8) is 0 Å². The molecule has 0 spiro atoms. The summed E-state index contributed by atoms with van der Waals surface area (Å²) in [5, 5.41) is 2.85. The smallest absolute Gasteiger partial charge is 0.314 e. The van der Waals surface area contributed by atoms with Gasteiger partial charge in [-0.15, -0.1) is 0 Å². The highest BCUT2D eigenvalue weighted by molar-refractivity contribution is 5.39. The molecule has 0 saturated carbocycles. The summed E-state index contributed by atoms with van der Waals surface area (Å²) in [6.45, 7) is 0.540. The molecule has 1 aliphatic rings. The molecule has 1 fully saturated rings. The molecule has 28 heavy (non-hydrogen) atoms. The standard InChI is InChI=1S/C16H16F10N2/c17-11-8-9(15(21,22)23)7-10(16(24,25)26)13(11)12(1-2-14(18,19)20)28-5-3-27-4-6-28/h7-8,12,27H,1-6H2/t12-/m1/s1. The Balaban J connectivity index is 2.59. The maximum absolute atomic E-state index is 14.5. The molecule has 0 amide bonds. The second-order valence-electron chi connectivity index (χ2n) is 6.37. The van der Waals surface area contributed by atoms with Gasteiger partial charge in [-0.2, -0.15) is 39.5 Å². The topological polar surface area (TPSA) is 15.3 Å². The Kier molecular flexibility index (Phi) is 6.54. The third-order valence-electron chi connectivity index (χ3n) is 4.39. The number of nitrogens with one attached hydrogen (secondary N) is 1. The second-order valence-corrected chi connectivity index (χ2v) is 6.37. The molecule has 160 valence electrons. The van der Waals surface area contributed by atoms with Gasteiger partial charge in [-0.3, -0.25) is 4.90 Å². The Morgan fingerprint density at radius 2 is 1.46 bits per heavy atom. The molecule has 0 unspecified atom stereocenters. The number of rotatable bonds is 4. The number of hydrogen-bond acceptors (Lipinski definition) is 2. The van der Waals surface area contributed by atoms with Gasteiger partial charge in [0, 0.05) is 44.2 Å². The monoisotopic (exact) mass is 426 g/mol. The zero-order valence-corrected chi connectivity index (χ0v) is 14.2. The van der Waals surface area contributed by atoms with Crippen molar-refractivity contribution in [3.05, 3.63) is 34.6 Å². The highest BCUT2D eigenvalue weighted by atomic mass is 19.4. The molecule has 1 saturated heterocycles. The summed E-state index contributed by atoms with van der Waals surface area (Å²) in [4.78, 5) is 1.23. The van der Waals surface area contributed by atoms with Gasteiger partial charge in [-0.25, -0.2) is 4.39 Å². The first-order valence-electron chi connectivity index (χ1n) is 8.19. The van der Waals surface area contributed by atoms with E-state index in [2.05, 4.69) is 5.32 Å². The van der Waals surface area contributed by atoms with Gasteiger partial charge in [-0.1, -0.05) is 0 Å². The highest BCUT2D eigenvalue weighted by Gasteiger charge is 2.43. The summed E-state index contributed by atoms with van der Waals surface area (Å²) in [5.41, 5.74) is -4.95. The van der Waals surface area contributed by atoms with Crippen LogP contribution in [-0.2, 0) is 12.4 Å². The number of hydrogen-bond donors (Lipinski definition) is 1. The minimum atomic E-state index is -5.37. The first-order valence-corrected chi connectivity index (χ1v) is 8.19. The van der Waals surface area contributed by atoms with Crippen LogP contribution in [0.1, 0.15) is 35.6 Å². The summed E-state index contributed by atoms with van der Waals surface area (Å²) in [7, 11) is 0. The van der Waals surface area contributed by atoms with E-state index in [1.54, 1.807) is 0 Å². The lowest BCUT2D eigenvalue weighted by Gasteiger charge is -2.37. The van der Waals surface area contributed by atoms with Gasteiger partial charge < -0.3 is 5.32 Å². The van der Waals surface area contributed by atoms with Crippen LogP contribution in [0.3, 0.4) is 0 Å². The molecule has 0 aromatic heterocycles. The lowest BCUT2D eigenvalue weighted by molar-refractivity contribution is -0.144. The third kappa shape index (κ3) is 5.72. The Morgan fingerprint density at radius 1 is 0.893 bits per heavy atom. The van der Waals surface area contributed by atoms with Gasteiger partial charge >= 0.3 is 18.5 Å². The van der Waals surface area contributed by atoms with Crippen molar-refractivity contribution >= 4 is 0 Å². The molecule has 1 aliphatic heterocycles. The number of piperazine rings is 1. The van der Waals surface area contributed by atoms with E-state index in [1.807, 2.05) is 0 Å². The summed E-state index contributed by atoms with van der Waals surface area (Å²) in [5.74, 6) is -1.83. The van der Waals surface area contributed by atoms with E-state index >= 15 is 0 Å². The first kappa shape index (κ1) is 22.7. The Labute approximate surface area is 153 Å². The molecule has 0 aliphatic carbocycles. The molecule has 12 heteroatoms. The molecule has 1 N–H and O–H groups in total. The largest absolute Gasteiger partial charge is 0.416 e. The van der Waals surface area contributed by atoms with Crippen molar-refractivity contribution in [2.75, 3.05) is 26.2 Å². The normalized spacial score (nSPS) is 18.4. The second kappa shape index (κ2) is 8.05. The molecule has 0 bridgehead atoms. The fraction of sp³-hybridized carbons (Fsp3) is 0.625. The van der Waals surface area contributed by atoms with Crippen LogP contribution in [0.4, 0.5) is 43.9 Å². The summed E-state index contributed by atoms with van der Waals surface area (Å²) < 4.78 is 131. The first-order chi connectivity index (χ1) is 12.7. The lowest BCUT2D eigenvalue weighted by atomic mass is 9.92. The van der Waals surface area contributed by atoms with Crippen LogP contribution >= 0.6 is 0 Å². The lowest BCUT2D eigenvalue weighted by Crippen LogP contribution is -2.46. The van der Waals surface area contributed by atoms with Gasteiger partial charge in [0.2, 0.25) is 0 Å². The predicted molar refractivity (Wildman–Crippen MR) is 78.9 cm³/mol. The number of halogens is 10. The van der Waals surface area contributed by atoms with Gasteiger partial charge in [0.05, 0.1) is 11.1 Å². The summed E-state index contributed by atoms with van der Waals surface area (Å²) in [6, 6.07) is -2.02. The van der Waals surface area contributed by atoms with Crippen LogP contribution in [-0.4, -0.2) is 37.3 Å². The predicted octanol–water partition coefficient (Wildman–Crippen LogP) is 5.15. The molecule has 0 radical (unpaired) electrons. The summed E-state index contributed by atoms with van der Waals surface area (Å²) >= 11 is 0. The zero-order valence-electron chi connectivity index (χ0n) is 14.2. The minimum absolute atomic E-state index is 0.0281. The van der Waals surface area contributed by atoms with Crippen LogP contribution in [0.15, 0.2) is 12.1 Å². The van der Waals surface area contributed by atoms with Crippen molar-refractivity contribution in [2.24, 2.45) is 0 Å². The molecule has 1 heterocycles. The quantitative estimate of drug-likeness (QED) is 0.670. The fourth-order valence-corrected chi connectivity index (χ4v) is 3.16. The fourth-order valence-electron chi connectivity index (χ4n) is 3.16. The molecule has 2 rings (SSSR count). The zero-order chi connectivity index (χ0) is 21.3. The molecular weight excluding hydrogens is 410 g/mol. The average molecular weight is 426 g/mol. The summed E-state index contributed by atoms with van der Waals surface area (Å²) in [6.07, 6.45) is -17.7. The van der Waals surface area contributed by atoms with Gasteiger partial charge in [0.25, 0.3) is 0 Å². The maximum Gasteiger partial charge on any atom is 0.416 e. The number of benzene rings is 1. The van der Waals surface area contributed by atoms with E-state index < -0.39 is 59.9 Å². The molecule has 1 atom stereocenters. The van der Waals surface area contributed by atoms with Crippen molar-refractivity contribution < 1.29 is 43.9 Å². The van der Waals surface area contributed by atoms with Crippen LogP contribution < -0.4 is 5.32 Å². The van der Waals surface area contributed by atoms with Crippen molar-refractivity contribution in [1.29, 1.82) is 0 Å². The van der Waals surface area contributed by atoms with E-state index in [9.17, 15) is 43.9 Å². The number of nitrogens with zero attached hydrogens (tertiary/aromatic N) is 1. The van der Waals surface area contributed by atoms with Crippen LogP contribution in [0.2, 0.25) is 0 Å². The number of alkyl halides is 9. The van der Waals surface area contributed by atoms with Crippen molar-refractivity contribution in [3.8, 4) is 0 Å². The van der Waals surface area contributed by atoms with E-state index in [4.69, 9.17) is 0 Å². The Morgan fingerprint density at radius 3 is 1.93 bits per heavy atom. The highest BCUT2D eigenvalue weighted by Crippen LogP contribution is 2.43. The van der Waals surface area contributed by atoms with Gasteiger partial charge in [0.1, 0.15) is 5.82 Å². The van der Waals surface area contributed by atoms with Crippen molar-refractivity contribution in [1.82, 2.24) is 10.2 Å². The molecular formula is C16H16F10N2. The molecule has 1 aromatic carbocycles. The van der Waals surface area contributed by atoms with Crippen LogP contribution in [0.5, 0.6) is 0 Å². The van der Waals surface area contributed by atoms with Crippen molar-refractivity contribution in [2.45, 2.75) is 37.4 Å².